The number of carbonyl (C=O) groups excluding carboxylic acids is 2. The first-order valence-electron chi connectivity index (χ1n) is 11.5. The third kappa shape index (κ3) is 4.75. The third-order valence-corrected chi connectivity index (χ3v) is 6.33. The lowest BCUT2D eigenvalue weighted by atomic mass is 9.99. The summed E-state index contributed by atoms with van der Waals surface area (Å²) in [5.41, 5.74) is 7.29. The second kappa shape index (κ2) is 10.1. The van der Waals surface area contributed by atoms with Crippen LogP contribution in [-0.2, 0) is 16.2 Å². The molecule has 8 heteroatoms. The highest BCUT2D eigenvalue weighted by molar-refractivity contribution is 5.96. The summed E-state index contributed by atoms with van der Waals surface area (Å²) in [7, 11) is 3.38. The summed E-state index contributed by atoms with van der Waals surface area (Å²) < 4.78 is 5.42. The number of rotatable bonds is 7. The molecule has 4 rings (SSSR count). The topological polar surface area (TPSA) is 74.4 Å². The molecule has 0 aromatic heterocycles. The SMILES string of the molecule is CCCN(C)C(=O)c1ccc(N2CCC(N3C(=O)OCc4ccccc43)CC2)c(NOC)c1. The van der Waals surface area contributed by atoms with Crippen LogP contribution in [0.2, 0.25) is 0 Å². The van der Waals surface area contributed by atoms with E-state index in [1.165, 1.54) is 0 Å². The van der Waals surface area contributed by atoms with E-state index in [-0.39, 0.29) is 18.0 Å². The second-order valence-electron chi connectivity index (χ2n) is 8.54. The summed E-state index contributed by atoms with van der Waals surface area (Å²) in [4.78, 5) is 36.3. The van der Waals surface area contributed by atoms with Crippen LogP contribution in [0.15, 0.2) is 42.5 Å². The van der Waals surface area contributed by atoms with Crippen LogP contribution in [0.1, 0.15) is 42.1 Å². The lowest BCUT2D eigenvalue weighted by Crippen LogP contribution is -2.49. The Morgan fingerprint density at radius 1 is 1.18 bits per heavy atom. The molecule has 2 aliphatic rings. The Balaban J connectivity index is 1.49. The number of carbonyl (C=O) groups is 2. The number of hydrogen-bond acceptors (Lipinski definition) is 6. The minimum Gasteiger partial charge on any atom is -0.444 e. The van der Waals surface area contributed by atoms with Gasteiger partial charge in [0.25, 0.3) is 5.91 Å². The van der Waals surface area contributed by atoms with E-state index in [1.54, 1.807) is 12.0 Å². The molecule has 0 bridgehead atoms. The zero-order valence-electron chi connectivity index (χ0n) is 19.5. The molecule has 2 aliphatic heterocycles. The number of ether oxygens (including phenoxy) is 1. The van der Waals surface area contributed by atoms with Crippen molar-refractivity contribution in [3.63, 3.8) is 0 Å². The Morgan fingerprint density at radius 3 is 2.67 bits per heavy atom. The van der Waals surface area contributed by atoms with Crippen LogP contribution in [0.25, 0.3) is 0 Å². The first-order valence-corrected chi connectivity index (χ1v) is 11.5. The maximum Gasteiger partial charge on any atom is 0.414 e. The minimum absolute atomic E-state index is 0.0106. The van der Waals surface area contributed by atoms with Crippen molar-refractivity contribution in [1.29, 1.82) is 0 Å². The quantitative estimate of drug-likeness (QED) is 0.633. The zero-order chi connectivity index (χ0) is 23.4. The minimum atomic E-state index is -0.270. The van der Waals surface area contributed by atoms with Gasteiger partial charge in [-0.05, 0) is 43.5 Å². The molecule has 8 nitrogen and oxygen atoms in total. The van der Waals surface area contributed by atoms with Gasteiger partial charge in [-0.15, -0.1) is 0 Å². The highest BCUT2D eigenvalue weighted by Gasteiger charge is 2.34. The molecule has 176 valence electrons. The zero-order valence-corrected chi connectivity index (χ0v) is 19.5. The summed E-state index contributed by atoms with van der Waals surface area (Å²) in [5, 5.41) is 0. The van der Waals surface area contributed by atoms with Crippen molar-refractivity contribution in [3.8, 4) is 0 Å². The van der Waals surface area contributed by atoms with E-state index in [0.717, 1.165) is 55.0 Å². The molecule has 1 saturated heterocycles. The fraction of sp³-hybridized carbons (Fsp3) is 0.440. The van der Waals surface area contributed by atoms with Crippen molar-refractivity contribution in [1.82, 2.24) is 4.90 Å². The van der Waals surface area contributed by atoms with Gasteiger partial charge in [0, 0.05) is 43.9 Å². The van der Waals surface area contributed by atoms with Crippen molar-refractivity contribution in [2.24, 2.45) is 0 Å². The Hall–Kier alpha value is -3.26. The maximum absolute atomic E-state index is 12.7. The molecule has 2 heterocycles. The van der Waals surface area contributed by atoms with Crippen molar-refractivity contribution >= 4 is 29.1 Å². The van der Waals surface area contributed by atoms with E-state index in [4.69, 9.17) is 9.57 Å². The van der Waals surface area contributed by atoms with Crippen molar-refractivity contribution in [3.05, 3.63) is 53.6 Å². The predicted octanol–water partition coefficient (Wildman–Crippen LogP) is 4.27. The van der Waals surface area contributed by atoms with Gasteiger partial charge in [0.15, 0.2) is 0 Å². The standard InChI is InChI=1S/C25H32N4O4/c1-4-13-27(2)24(30)18-9-10-23(21(16-18)26-32-3)28-14-11-20(12-15-28)29-22-8-6-5-7-19(22)17-33-25(29)31/h5-10,16,20,26H,4,11-15,17H2,1-3H3. The normalized spacial score (nSPS) is 16.3. The lowest BCUT2D eigenvalue weighted by Gasteiger charge is -2.41. The molecule has 0 atom stereocenters. The molecule has 0 radical (unpaired) electrons. The number of benzene rings is 2. The van der Waals surface area contributed by atoms with Crippen LogP contribution in [0.5, 0.6) is 0 Å². The molecule has 33 heavy (non-hydrogen) atoms. The van der Waals surface area contributed by atoms with Gasteiger partial charge in [-0.2, -0.15) is 0 Å². The van der Waals surface area contributed by atoms with Crippen LogP contribution in [0.4, 0.5) is 21.9 Å². The summed E-state index contributed by atoms with van der Waals surface area (Å²) in [5.74, 6) is -0.0106. The van der Waals surface area contributed by atoms with Crippen LogP contribution < -0.4 is 15.3 Å². The number of para-hydroxylation sites is 1. The highest BCUT2D eigenvalue weighted by Crippen LogP contribution is 2.35. The molecular weight excluding hydrogens is 420 g/mol. The average molecular weight is 453 g/mol. The molecule has 2 amide bonds. The average Bonchev–Trinajstić information content (AvgIpc) is 2.84. The number of fused-ring (bicyclic) bond motifs is 1. The van der Waals surface area contributed by atoms with E-state index in [2.05, 4.69) is 17.3 Å². The van der Waals surface area contributed by atoms with Gasteiger partial charge in [-0.25, -0.2) is 4.79 Å². The van der Waals surface area contributed by atoms with E-state index in [9.17, 15) is 9.59 Å². The van der Waals surface area contributed by atoms with Gasteiger partial charge in [0.05, 0.1) is 24.2 Å². The Bertz CT molecular complexity index is 1000. The Kier molecular flexibility index (Phi) is 7.03. The van der Waals surface area contributed by atoms with Crippen molar-refractivity contribution in [2.45, 2.75) is 38.8 Å². The molecule has 1 N–H and O–H groups in total. The summed E-state index contributed by atoms with van der Waals surface area (Å²) in [6.45, 7) is 4.64. The maximum atomic E-state index is 12.7. The highest BCUT2D eigenvalue weighted by atomic mass is 16.6. The number of hydrogen-bond donors (Lipinski definition) is 1. The summed E-state index contributed by atoms with van der Waals surface area (Å²) in [6, 6.07) is 13.7. The first kappa shape index (κ1) is 22.9. The number of amides is 2. The Morgan fingerprint density at radius 2 is 1.94 bits per heavy atom. The van der Waals surface area contributed by atoms with Crippen LogP contribution >= 0.6 is 0 Å². The number of anilines is 3. The van der Waals surface area contributed by atoms with Gasteiger partial charge < -0.3 is 14.5 Å². The van der Waals surface area contributed by atoms with Gasteiger partial charge in [0.2, 0.25) is 0 Å². The van der Waals surface area contributed by atoms with Crippen molar-refractivity contribution in [2.75, 3.05) is 49.1 Å². The van der Waals surface area contributed by atoms with Gasteiger partial charge in [0.1, 0.15) is 6.61 Å². The van der Waals surface area contributed by atoms with E-state index in [0.29, 0.717) is 18.7 Å². The van der Waals surface area contributed by atoms with Gasteiger partial charge >= 0.3 is 6.09 Å². The number of nitrogens with zero attached hydrogens (tertiary/aromatic N) is 3. The second-order valence-corrected chi connectivity index (χ2v) is 8.54. The smallest absolute Gasteiger partial charge is 0.414 e. The number of piperidine rings is 1. The molecule has 0 aliphatic carbocycles. The number of nitrogens with one attached hydrogen (secondary N) is 1. The predicted molar refractivity (Wildman–Crippen MR) is 129 cm³/mol. The monoisotopic (exact) mass is 452 g/mol. The number of cyclic esters (lactones) is 1. The largest absolute Gasteiger partial charge is 0.444 e. The first-order chi connectivity index (χ1) is 16.0. The molecule has 2 aromatic rings. The van der Waals surface area contributed by atoms with Crippen LogP contribution in [-0.4, -0.2) is 56.7 Å². The molecule has 0 saturated carbocycles. The molecule has 1 fully saturated rings. The van der Waals surface area contributed by atoms with E-state index >= 15 is 0 Å². The fourth-order valence-electron chi connectivity index (χ4n) is 4.68. The van der Waals surface area contributed by atoms with Crippen LogP contribution in [0.3, 0.4) is 0 Å². The van der Waals surface area contributed by atoms with Crippen LogP contribution in [0, 0.1) is 0 Å². The lowest BCUT2D eigenvalue weighted by molar-refractivity contribution is 0.0795. The molecule has 0 spiro atoms. The molecule has 2 aromatic carbocycles. The van der Waals surface area contributed by atoms with Crippen molar-refractivity contribution < 1.29 is 19.2 Å². The summed E-state index contributed by atoms with van der Waals surface area (Å²) in [6.07, 6.45) is 2.27. The fourth-order valence-corrected chi connectivity index (χ4v) is 4.68. The molecular formula is C25H32N4O4. The third-order valence-electron chi connectivity index (χ3n) is 6.33. The molecule has 0 unspecified atom stereocenters. The van der Waals surface area contributed by atoms with E-state index < -0.39 is 0 Å². The van der Waals surface area contributed by atoms with Gasteiger partial charge in [-0.1, -0.05) is 25.1 Å². The van der Waals surface area contributed by atoms with E-state index in [1.807, 2.05) is 54.4 Å². The summed E-state index contributed by atoms with van der Waals surface area (Å²) >= 11 is 0. The van der Waals surface area contributed by atoms with Gasteiger partial charge in [-0.3, -0.25) is 20.0 Å². The Labute approximate surface area is 195 Å².